The zero-order chi connectivity index (χ0) is 14.5. The van der Waals surface area contributed by atoms with Crippen LogP contribution in [0.25, 0.3) is 0 Å². The Labute approximate surface area is 126 Å². The first-order chi connectivity index (χ1) is 9.63. The molecule has 1 saturated carbocycles. The van der Waals surface area contributed by atoms with Crippen LogP contribution in [0, 0.1) is 23.6 Å². The molecule has 112 valence electrons. The third kappa shape index (κ3) is 3.95. The molecule has 0 aliphatic heterocycles. The van der Waals surface area contributed by atoms with Gasteiger partial charge in [-0.25, -0.2) is 4.39 Å². The molecular weight excluding hydrogens is 273 g/mol. The molecule has 2 rings (SSSR count). The Balaban J connectivity index is 2.11. The van der Waals surface area contributed by atoms with Crippen molar-refractivity contribution in [2.75, 3.05) is 13.6 Å². The van der Waals surface area contributed by atoms with Crippen molar-refractivity contribution in [1.82, 2.24) is 5.32 Å². The summed E-state index contributed by atoms with van der Waals surface area (Å²) < 4.78 is 13.9. The van der Waals surface area contributed by atoms with Gasteiger partial charge in [-0.1, -0.05) is 31.4 Å². The first-order valence-corrected chi connectivity index (χ1v) is 8.10. The van der Waals surface area contributed by atoms with Gasteiger partial charge in [0.2, 0.25) is 0 Å². The van der Waals surface area contributed by atoms with Gasteiger partial charge in [-0.3, -0.25) is 0 Å². The van der Waals surface area contributed by atoms with Gasteiger partial charge in [-0.15, -0.1) is 0 Å². The standard InChI is InChI=1S/C17H25ClFN/c1-3-12-4-5-13(11-20-2)14(8-12)9-15-10-16(18)6-7-17(15)19/h6-7,10,12-14,20H,3-5,8-9,11H2,1-2H3. The number of benzene rings is 1. The van der Waals surface area contributed by atoms with Crippen molar-refractivity contribution >= 4 is 11.6 Å². The molecule has 20 heavy (non-hydrogen) atoms. The van der Waals surface area contributed by atoms with Gasteiger partial charge >= 0.3 is 0 Å². The Hall–Kier alpha value is -0.600. The fourth-order valence-electron chi connectivity index (χ4n) is 3.56. The molecule has 0 heterocycles. The number of hydrogen-bond donors (Lipinski definition) is 1. The summed E-state index contributed by atoms with van der Waals surface area (Å²) in [4.78, 5) is 0. The molecule has 1 aliphatic carbocycles. The lowest BCUT2D eigenvalue weighted by Crippen LogP contribution is -2.33. The van der Waals surface area contributed by atoms with E-state index in [9.17, 15) is 4.39 Å². The van der Waals surface area contributed by atoms with Crippen molar-refractivity contribution in [3.63, 3.8) is 0 Å². The second kappa shape index (κ2) is 7.42. The summed E-state index contributed by atoms with van der Waals surface area (Å²) in [5.74, 6) is 1.90. The molecule has 3 unspecified atom stereocenters. The molecule has 0 amide bonds. The van der Waals surface area contributed by atoms with Crippen molar-refractivity contribution in [3.05, 3.63) is 34.6 Å². The molecule has 0 radical (unpaired) electrons. The first-order valence-electron chi connectivity index (χ1n) is 7.72. The van der Waals surface area contributed by atoms with E-state index in [4.69, 9.17) is 11.6 Å². The summed E-state index contributed by atoms with van der Waals surface area (Å²) in [5, 5.41) is 3.93. The maximum atomic E-state index is 13.9. The van der Waals surface area contributed by atoms with Crippen LogP contribution in [0.15, 0.2) is 18.2 Å². The summed E-state index contributed by atoms with van der Waals surface area (Å²) in [6, 6.07) is 4.91. The van der Waals surface area contributed by atoms with E-state index in [2.05, 4.69) is 12.2 Å². The zero-order valence-electron chi connectivity index (χ0n) is 12.5. The predicted molar refractivity (Wildman–Crippen MR) is 83.7 cm³/mol. The highest BCUT2D eigenvalue weighted by atomic mass is 35.5. The van der Waals surface area contributed by atoms with Gasteiger partial charge in [0.1, 0.15) is 5.82 Å². The zero-order valence-corrected chi connectivity index (χ0v) is 13.2. The van der Waals surface area contributed by atoms with E-state index in [1.54, 1.807) is 12.1 Å². The van der Waals surface area contributed by atoms with Gasteiger partial charge in [0.15, 0.2) is 0 Å². The Bertz CT molecular complexity index is 435. The van der Waals surface area contributed by atoms with Crippen LogP contribution in [0.5, 0.6) is 0 Å². The smallest absolute Gasteiger partial charge is 0.126 e. The first kappa shape index (κ1) is 15.8. The predicted octanol–water partition coefficient (Wildman–Crippen LogP) is 4.68. The Morgan fingerprint density at radius 3 is 2.80 bits per heavy atom. The van der Waals surface area contributed by atoms with Gasteiger partial charge in [0, 0.05) is 5.02 Å². The van der Waals surface area contributed by atoms with Crippen LogP contribution in [-0.4, -0.2) is 13.6 Å². The lowest BCUT2D eigenvalue weighted by atomic mass is 9.71. The number of nitrogens with one attached hydrogen (secondary N) is 1. The van der Waals surface area contributed by atoms with Gasteiger partial charge in [0.25, 0.3) is 0 Å². The molecule has 0 saturated heterocycles. The van der Waals surface area contributed by atoms with Crippen LogP contribution in [0.3, 0.4) is 0 Å². The second-order valence-electron chi connectivity index (χ2n) is 6.11. The van der Waals surface area contributed by atoms with Crippen molar-refractivity contribution in [2.24, 2.45) is 17.8 Å². The minimum absolute atomic E-state index is 0.115. The molecule has 1 fully saturated rings. The van der Waals surface area contributed by atoms with E-state index in [0.29, 0.717) is 16.9 Å². The average Bonchev–Trinajstić information content (AvgIpc) is 2.45. The molecule has 1 N–H and O–H groups in total. The summed E-state index contributed by atoms with van der Waals surface area (Å²) in [7, 11) is 2.00. The Morgan fingerprint density at radius 2 is 2.10 bits per heavy atom. The molecular formula is C17H25ClFN. The summed E-state index contributed by atoms with van der Waals surface area (Å²) >= 11 is 6.01. The highest BCUT2D eigenvalue weighted by Crippen LogP contribution is 2.37. The van der Waals surface area contributed by atoms with Gasteiger partial charge in [0.05, 0.1) is 0 Å². The van der Waals surface area contributed by atoms with Crippen LogP contribution in [0.2, 0.25) is 5.02 Å². The Kier molecular flexibility index (Phi) is 5.86. The topological polar surface area (TPSA) is 12.0 Å². The van der Waals surface area contributed by atoms with Crippen molar-refractivity contribution in [2.45, 2.75) is 39.0 Å². The Morgan fingerprint density at radius 1 is 1.30 bits per heavy atom. The van der Waals surface area contributed by atoms with E-state index in [0.717, 1.165) is 24.4 Å². The van der Waals surface area contributed by atoms with E-state index < -0.39 is 0 Å². The van der Waals surface area contributed by atoms with Crippen LogP contribution >= 0.6 is 11.6 Å². The summed E-state index contributed by atoms with van der Waals surface area (Å²) in [5.41, 5.74) is 0.778. The quantitative estimate of drug-likeness (QED) is 0.832. The van der Waals surface area contributed by atoms with Gasteiger partial charge < -0.3 is 5.32 Å². The van der Waals surface area contributed by atoms with Crippen LogP contribution < -0.4 is 5.32 Å². The van der Waals surface area contributed by atoms with E-state index >= 15 is 0 Å². The van der Waals surface area contributed by atoms with Gasteiger partial charge in [-0.2, -0.15) is 0 Å². The summed E-state index contributed by atoms with van der Waals surface area (Å²) in [6.07, 6.45) is 5.84. The fourth-order valence-corrected chi connectivity index (χ4v) is 3.75. The van der Waals surface area contributed by atoms with Crippen molar-refractivity contribution in [3.8, 4) is 0 Å². The highest BCUT2D eigenvalue weighted by molar-refractivity contribution is 6.30. The van der Waals surface area contributed by atoms with Crippen molar-refractivity contribution < 1.29 is 4.39 Å². The van der Waals surface area contributed by atoms with Crippen LogP contribution in [-0.2, 0) is 6.42 Å². The number of rotatable bonds is 5. The maximum Gasteiger partial charge on any atom is 0.126 e. The lowest BCUT2D eigenvalue weighted by Gasteiger charge is -2.36. The molecule has 0 aromatic heterocycles. The van der Waals surface area contributed by atoms with Crippen molar-refractivity contribution in [1.29, 1.82) is 0 Å². The minimum atomic E-state index is -0.115. The fraction of sp³-hybridized carbons (Fsp3) is 0.647. The minimum Gasteiger partial charge on any atom is -0.319 e. The molecule has 1 aromatic rings. The maximum absolute atomic E-state index is 13.9. The molecule has 1 nitrogen and oxygen atoms in total. The monoisotopic (exact) mass is 297 g/mol. The van der Waals surface area contributed by atoms with Crippen LogP contribution in [0.4, 0.5) is 4.39 Å². The number of halogens is 2. The normalized spacial score (nSPS) is 26.7. The van der Waals surface area contributed by atoms with Crippen LogP contribution in [0.1, 0.15) is 38.2 Å². The molecule has 1 aromatic carbocycles. The SMILES string of the molecule is CCC1CCC(CNC)C(Cc2cc(Cl)ccc2F)C1. The lowest BCUT2D eigenvalue weighted by molar-refractivity contribution is 0.172. The second-order valence-corrected chi connectivity index (χ2v) is 6.54. The molecule has 0 bridgehead atoms. The molecule has 0 spiro atoms. The largest absolute Gasteiger partial charge is 0.319 e. The highest BCUT2D eigenvalue weighted by Gasteiger charge is 2.29. The van der Waals surface area contributed by atoms with E-state index in [-0.39, 0.29) is 5.82 Å². The average molecular weight is 298 g/mol. The third-order valence-corrected chi connectivity index (χ3v) is 5.02. The molecule has 3 heteroatoms. The molecule has 1 aliphatic rings. The summed E-state index contributed by atoms with van der Waals surface area (Å²) in [6.45, 7) is 3.30. The van der Waals surface area contributed by atoms with E-state index in [1.807, 2.05) is 7.05 Å². The third-order valence-electron chi connectivity index (χ3n) is 4.78. The van der Waals surface area contributed by atoms with E-state index in [1.165, 1.54) is 31.7 Å². The number of hydrogen-bond acceptors (Lipinski definition) is 1. The van der Waals surface area contributed by atoms with Gasteiger partial charge in [-0.05, 0) is 74.4 Å². The molecule has 3 atom stereocenters.